The van der Waals surface area contributed by atoms with Gasteiger partial charge in [0.25, 0.3) is 0 Å². The highest BCUT2D eigenvalue weighted by Gasteiger charge is 2.28. The standard InChI is InChI=1S/C24H37N7O7/c1-14(2)21(31-20(34)12-28-19(33)11-25)23(36)30-18(5-4-10-27-24(26)37)22(35)29-17-8-6-16(7-9-17)13-38-15(3)32/h6-9,14,18,21H,4-5,10-13,25H2,1-3H3,(H,28,33)(H,29,35)(H,30,36)(H,31,34)(H3,26,27,37). The molecule has 9 N–H and O–H groups in total. The summed E-state index contributed by atoms with van der Waals surface area (Å²) in [6.07, 6.45) is 0.486. The summed E-state index contributed by atoms with van der Waals surface area (Å²) < 4.78 is 4.94. The molecule has 0 radical (unpaired) electrons. The first-order chi connectivity index (χ1) is 17.9. The summed E-state index contributed by atoms with van der Waals surface area (Å²) in [4.78, 5) is 71.5. The number of rotatable bonds is 15. The van der Waals surface area contributed by atoms with Crippen molar-refractivity contribution in [1.82, 2.24) is 21.3 Å². The molecule has 14 heteroatoms. The summed E-state index contributed by atoms with van der Waals surface area (Å²) >= 11 is 0. The van der Waals surface area contributed by atoms with Gasteiger partial charge in [-0.05, 0) is 36.5 Å². The maximum Gasteiger partial charge on any atom is 0.312 e. The van der Waals surface area contributed by atoms with Crippen molar-refractivity contribution < 1.29 is 33.5 Å². The number of esters is 1. The molecule has 0 saturated carbocycles. The predicted molar refractivity (Wildman–Crippen MR) is 138 cm³/mol. The van der Waals surface area contributed by atoms with Gasteiger partial charge in [-0.3, -0.25) is 24.0 Å². The first kappa shape index (κ1) is 31.8. The Hall–Kier alpha value is -4.20. The van der Waals surface area contributed by atoms with Crippen molar-refractivity contribution >= 4 is 41.3 Å². The third kappa shape index (κ3) is 12.7. The zero-order valence-electron chi connectivity index (χ0n) is 21.8. The van der Waals surface area contributed by atoms with Crippen LogP contribution < -0.4 is 38.1 Å². The molecule has 38 heavy (non-hydrogen) atoms. The van der Waals surface area contributed by atoms with Gasteiger partial charge in [0.15, 0.2) is 0 Å². The number of amides is 6. The zero-order valence-corrected chi connectivity index (χ0v) is 21.8. The van der Waals surface area contributed by atoms with Crippen molar-refractivity contribution in [3.05, 3.63) is 29.8 Å². The zero-order chi connectivity index (χ0) is 28.7. The number of anilines is 1. The van der Waals surface area contributed by atoms with Gasteiger partial charge in [-0.15, -0.1) is 0 Å². The average Bonchev–Trinajstić information content (AvgIpc) is 2.86. The quantitative estimate of drug-likeness (QED) is 0.107. The monoisotopic (exact) mass is 535 g/mol. The number of carbonyl (C=O) groups excluding carboxylic acids is 6. The van der Waals surface area contributed by atoms with Crippen LogP contribution in [-0.2, 0) is 35.3 Å². The molecular weight excluding hydrogens is 498 g/mol. The lowest BCUT2D eigenvalue weighted by molar-refractivity contribution is -0.142. The second kappa shape index (κ2) is 16.5. The van der Waals surface area contributed by atoms with Gasteiger partial charge in [0.1, 0.15) is 18.7 Å². The van der Waals surface area contributed by atoms with Gasteiger partial charge < -0.3 is 42.8 Å². The maximum absolute atomic E-state index is 13.0. The molecule has 0 aliphatic rings. The van der Waals surface area contributed by atoms with Gasteiger partial charge in [0, 0.05) is 19.2 Å². The van der Waals surface area contributed by atoms with E-state index < -0.39 is 47.7 Å². The molecule has 210 valence electrons. The Kier molecular flexibility index (Phi) is 13.8. The van der Waals surface area contributed by atoms with E-state index >= 15 is 0 Å². The first-order valence-corrected chi connectivity index (χ1v) is 12.1. The lowest BCUT2D eigenvalue weighted by Gasteiger charge is -2.25. The van der Waals surface area contributed by atoms with Crippen LogP contribution in [0.15, 0.2) is 24.3 Å². The van der Waals surface area contributed by atoms with E-state index in [4.69, 9.17) is 16.2 Å². The van der Waals surface area contributed by atoms with Crippen LogP contribution in [0.1, 0.15) is 39.2 Å². The van der Waals surface area contributed by atoms with Gasteiger partial charge in [0.2, 0.25) is 23.6 Å². The second-order valence-corrected chi connectivity index (χ2v) is 8.73. The Balaban J connectivity index is 2.90. The molecule has 0 aliphatic carbocycles. The number of nitrogens with one attached hydrogen (secondary N) is 5. The first-order valence-electron chi connectivity index (χ1n) is 12.1. The molecule has 0 bridgehead atoms. The molecule has 0 aromatic heterocycles. The predicted octanol–water partition coefficient (Wildman–Crippen LogP) is -1.16. The highest BCUT2D eigenvalue weighted by Crippen LogP contribution is 2.12. The molecule has 1 aromatic carbocycles. The van der Waals surface area contributed by atoms with E-state index in [1.54, 1.807) is 38.1 Å². The van der Waals surface area contributed by atoms with Gasteiger partial charge in [-0.1, -0.05) is 26.0 Å². The minimum Gasteiger partial charge on any atom is -0.461 e. The summed E-state index contributed by atoms with van der Waals surface area (Å²) in [6, 6.07) is 3.89. The van der Waals surface area contributed by atoms with Crippen molar-refractivity contribution in [2.45, 2.75) is 52.3 Å². The van der Waals surface area contributed by atoms with Crippen LogP contribution in [0.5, 0.6) is 0 Å². The van der Waals surface area contributed by atoms with Gasteiger partial charge >= 0.3 is 12.0 Å². The molecule has 6 amide bonds. The van der Waals surface area contributed by atoms with Crippen molar-refractivity contribution in [3.63, 3.8) is 0 Å². The van der Waals surface area contributed by atoms with E-state index in [-0.39, 0.29) is 38.6 Å². The fourth-order valence-electron chi connectivity index (χ4n) is 3.16. The normalized spacial score (nSPS) is 12.0. The number of hydrogen-bond donors (Lipinski definition) is 7. The maximum atomic E-state index is 13.0. The Bertz CT molecular complexity index is 983. The summed E-state index contributed by atoms with van der Waals surface area (Å²) in [5, 5.41) is 12.7. The molecule has 2 unspecified atom stereocenters. The molecule has 1 rings (SSSR count). The fraction of sp³-hybridized carbons (Fsp3) is 0.500. The summed E-state index contributed by atoms with van der Waals surface area (Å²) in [5.74, 6) is -2.99. The van der Waals surface area contributed by atoms with Crippen molar-refractivity contribution in [1.29, 1.82) is 0 Å². The molecular formula is C24H37N7O7. The fourth-order valence-corrected chi connectivity index (χ4v) is 3.16. The van der Waals surface area contributed by atoms with Crippen LogP contribution in [0.2, 0.25) is 0 Å². The Labute approximate surface area is 221 Å². The summed E-state index contributed by atoms with van der Waals surface area (Å²) in [7, 11) is 0. The van der Waals surface area contributed by atoms with Crippen molar-refractivity contribution in [2.24, 2.45) is 17.4 Å². The van der Waals surface area contributed by atoms with E-state index in [0.717, 1.165) is 5.56 Å². The number of nitrogens with two attached hydrogens (primary N) is 2. The van der Waals surface area contributed by atoms with Crippen LogP contribution >= 0.6 is 0 Å². The number of hydrogen-bond acceptors (Lipinski definition) is 8. The van der Waals surface area contributed by atoms with E-state index in [1.807, 2.05) is 0 Å². The van der Waals surface area contributed by atoms with E-state index in [0.29, 0.717) is 12.1 Å². The highest BCUT2D eigenvalue weighted by molar-refractivity contribution is 5.98. The highest BCUT2D eigenvalue weighted by atomic mass is 16.5. The van der Waals surface area contributed by atoms with Gasteiger partial charge in [0.05, 0.1) is 13.1 Å². The van der Waals surface area contributed by atoms with E-state index in [9.17, 15) is 28.8 Å². The third-order valence-electron chi connectivity index (χ3n) is 5.16. The molecule has 1 aromatic rings. The summed E-state index contributed by atoms with van der Waals surface area (Å²) in [5.41, 5.74) is 11.4. The molecule has 0 spiro atoms. The molecule has 2 atom stereocenters. The minimum atomic E-state index is -1.01. The molecule has 0 fully saturated rings. The Morgan fingerprint density at radius 2 is 1.58 bits per heavy atom. The second-order valence-electron chi connectivity index (χ2n) is 8.73. The average molecular weight is 536 g/mol. The molecule has 0 saturated heterocycles. The lowest BCUT2D eigenvalue weighted by Crippen LogP contribution is -2.55. The van der Waals surface area contributed by atoms with Crippen LogP contribution in [0.4, 0.5) is 10.5 Å². The molecule has 0 aliphatic heterocycles. The smallest absolute Gasteiger partial charge is 0.312 e. The minimum absolute atomic E-state index is 0.0906. The Morgan fingerprint density at radius 1 is 0.921 bits per heavy atom. The number of benzene rings is 1. The SMILES string of the molecule is CC(=O)OCc1ccc(NC(=O)C(CCCNC(N)=O)NC(=O)C(NC(=O)CNC(=O)CN)C(C)C)cc1. The van der Waals surface area contributed by atoms with Crippen molar-refractivity contribution in [3.8, 4) is 0 Å². The van der Waals surface area contributed by atoms with E-state index in [1.165, 1.54) is 6.92 Å². The van der Waals surface area contributed by atoms with Crippen LogP contribution in [0, 0.1) is 5.92 Å². The van der Waals surface area contributed by atoms with Crippen LogP contribution in [0.3, 0.4) is 0 Å². The third-order valence-corrected chi connectivity index (χ3v) is 5.16. The van der Waals surface area contributed by atoms with Gasteiger partial charge in [-0.2, -0.15) is 0 Å². The topological polar surface area (TPSA) is 224 Å². The largest absolute Gasteiger partial charge is 0.461 e. The number of urea groups is 1. The van der Waals surface area contributed by atoms with Gasteiger partial charge in [-0.25, -0.2) is 4.79 Å². The van der Waals surface area contributed by atoms with Crippen LogP contribution in [0.25, 0.3) is 0 Å². The molecule has 0 heterocycles. The number of ether oxygens (including phenoxy) is 1. The number of primary amides is 1. The summed E-state index contributed by atoms with van der Waals surface area (Å²) in [6.45, 7) is 4.37. The van der Waals surface area contributed by atoms with E-state index in [2.05, 4.69) is 26.6 Å². The molecule has 14 nitrogen and oxygen atoms in total. The Morgan fingerprint density at radius 3 is 2.13 bits per heavy atom. The van der Waals surface area contributed by atoms with Crippen LogP contribution in [-0.4, -0.2) is 67.3 Å². The lowest BCUT2D eigenvalue weighted by atomic mass is 10.0. The number of carbonyl (C=O) groups is 6. The van der Waals surface area contributed by atoms with Crippen molar-refractivity contribution in [2.75, 3.05) is 25.0 Å².